The van der Waals surface area contributed by atoms with Crippen molar-refractivity contribution in [2.75, 3.05) is 5.32 Å². The molecule has 0 aliphatic heterocycles. The summed E-state index contributed by atoms with van der Waals surface area (Å²) in [7, 11) is 0. The van der Waals surface area contributed by atoms with E-state index in [1.165, 1.54) is 12.1 Å². The first kappa shape index (κ1) is 13.3. The van der Waals surface area contributed by atoms with E-state index in [4.69, 9.17) is 0 Å². The SMILES string of the molecule is O=c1cc(NCc2cc(Br)ccc2F)nc(C2CC2)[nH]1. The molecule has 0 spiro atoms. The van der Waals surface area contributed by atoms with Crippen LogP contribution >= 0.6 is 15.9 Å². The highest BCUT2D eigenvalue weighted by atomic mass is 79.9. The minimum absolute atomic E-state index is 0.181. The monoisotopic (exact) mass is 337 g/mol. The summed E-state index contributed by atoms with van der Waals surface area (Å²) >= 11 is 3.31. The Labute approximate surface area is 123 Å². The van der Waals surface area contributed by atoms with Gasteiger partial charge in [-0.1, -0.05) is 15.9 Å². The van der Waals surface area contributed by atoms with E-state index in [9.17, 15) is 9.18 Å². The van der Waals surface area contributed by atoms with Crippen LogP contribution in [0, 0.1) is 5.82 Å². The van der Waals surface area contributed by atoms with E-state index in [2.05, 4.69) is 31.2 Å². The van der Waals surface area contributed by atoms with Crippen molar-refractivity contribution in [1.82, 2.24) is 9.97 Å². The van der Waals surface area contributed by atoms with Gasteiger partial charge in [0.2, 0.25) is 0 Å². The Kier molecular flexibility index (Phi) is 3.56. The molecule has 1 fully saturated rings. The molecule has 4 nitrogen and oxygen atoms in total. The maximum Gasteiger partial charge on any atom is 0.252 e. The summed E-state index contributed by atoms with van der Waals surface area (Å²) in [4.78, 5) is 18.7. The minimum atomic E-state index is -0.284. The molecule has 1 saturated carbocycles. The fraction of sp³-hybridized carbons (Fsp3) is 0.286. The molecule has 104 valence electrons. The van der Waals surface area contributed by atoms with Crippen molar-refractivity contribution in [3.05, 3.63) is 56.3 Å². The van der Waals surface area contributed by atoms with Crippen molar-refractivity contribution >= 4 is 21.7 Å². The second kappa shape index (κ2) is 5.36. The first-order valence-corrected chi connectivity index (χ1v) is 7.20. The predicted molar refractivity (Wildman–Crippen MR) is 78.3 cm³/mol. The van der Waals surface area contributed by atoms with Gasteiger partial charge in [-0.3, -0.25) is 4.79 Å². The van der Waals surface area contributed by atoms with Crippen LogP contribution in [0.5, 0.6) is 0 Å². The Morgan fingerprint density at radius 3 is 2.95 bits per heavy atom. The van der Waals surface area contributed by atoms with Gasteiger partial charge in [-0.05, 0) is 31.0 Å². The third-order valence-corrected chi connectivity index (χ3v) is 3.69. The summed E-state index contributed by atoms with van der Waals surface area (Å²) < 4.78 is 14.4. The first-order valence-electron chi connectivity index (χ1n) is 6.41. The highest BCUT2D eigenvalue weighted by molar-refractivity contribution is 9.10. The Balaban J connectivity index is 1.77. The average molecular weight is 338 g/mol. The summed E-state index contributed by atoms with van der Waals surface area (Å²) in [5.41, 5.74) is 0.341. The number of anilines is 1. The molecule has 0 unspecified atom stereocenters. The Bertz CT molecular complexity index is 697. The van der Waals surface area contributed by atoms with E-state index < -0.39 is 0 Å². The maximum atomic E-state index is 13.6. The van der Waals surface area contributed by atoms with Crippen LogP contribution < -0.4 is 10.9 Å². The van der Waals surface area contributed by atoms with Gasteiger partial charge in [-0.2, -0.15) is 0 Å². The van der Waals surface area contributed by atoms with Crippen LogP contribution in [0.3, 0.4) is 0 Å². The molecule has 2 aromatic rings. The van der Waals surface area contributed by atoms with Gasteiger partial charge in [0.1, 0.15) is 17.5 Å². The summed E-state index contributed by atoms with van der Waals surface area (Å²) in [6.45, 7) is 0.284. The lowest BCUT2D eigenvalue weighted by Crippen LogP contribution is -2.13. The minimum Gasteiger partial charge on any atom is -0.366 e. The number of halogens is 2. The van der Waals surface area contributed by atoms with Crippen molar-refractivity contribution in [2.45, 2.75) is 25.3 Å². The molecule has 1 aromatic carbocycles. The standard InChI is InChI=1S/C14H13BrFN3O/c15-10-3-4-11(16)9(5-10)7-17-12-6-13(20)19-14(18-12)8-1-2-8/h3-6,8H,1-2,7H2,(H2,17,18,19,20). The number of nitrogens with one attached hydrogen (secondary N) is 2. The third-order valence-electron chi connectivity index (χ3n) is 3.19. The molecule has 1 aromatic heterocycles. The second-order valence-corrected chi connectivity index (χ2v) is 5.80. The molecular formula is C14H13BrFN3O. The summed E-state index contributed by atoms with van der Waals surface area (Å²) in [5.74, 6) is 1.28. The zero-order valence-electron chi connectivity index (χ0n) is 10.6. The number of hydrogen-bond acceptors (Lipinski definition) is 3. The van der Waals surface area contributed by atoms with Crippen LogP contribution in [0.15, 0.2) is 33.5 Å². The zero-order chi connectivity index (χ0) is 14.1. The van der Waals surface area contributed by atoms with E-state index in [-0.39, 0.29) is 17.9 Å². The molecule has 3 rings (SSSR count). The van der Waals surface area contributed by atoms with Gasteiger partial charge in [-0.25, -0.2) is 9.37 Å². The van der Waals surface area contributed by atoms with Crippen molar-refractivity contribution in [3.63, 3.8) is 0 Å². The van der Waals surface area contributed by atoms with Crippen LogP contribution in [0.25, 0.3) is 0 Å². The maximum absolute atomic E-state index is 13.6. The van der Waals surface area contributed by atoms with Crippen LogP contribution in [-0.2, 0) is 6.54 Å². The number of nitrogens with zero attached hydrogens (tertiary/aromatic N) is 1. The Hall–Kier alpha value is -1.69. The van der Waals surface area contributed by atoms with Gasteiger partial charge >= 0.3 is 0 Å². The summed E-state index contributed by atoms with van der Waals surface area (Å²) in [5, 5.41) is 3.00. The molecule has 0 atom stereocenters. The second-order valence-electron chi connectivity index (χ2n) is 4.88. The molecule has 20 heavy (non-hydrogen) atoms. The summed E-state index contributed by atoms with van der Waals surface area (Å²) in [6, 6.07) is 6.15. The van der Waals surface area contributed by atoms with Gasteiger partial charge in [0.15, 0.2) is 0 Å². The van der Waals surface area contributed by atoms with Crippen molar-refractivity contribution in [1.29, 1.82) is 0 Å². The molecule has 0 amide bonds. The lowest BCUT2D eigenvalue weighted by atomic mass is 10.2. The summed E-state index contributed by atoms with van der Waals surface area (Å²) in [6.07, 6.45) is 2.12. The van der Waals surface area contributed by atoms with Gasteiger partial charge < -0.3 is 10.3 Å². The third kappa shape index (κ3) is 3.07. The molecule has 0 saturated heterocycles. The van der Waals surface area contributed by atoms with Gasteiger partial charge in [-0.15, -0.1) is 0 Å². The van der Waals surface area contributed by atoms with Crippen molar-refractivity contribution < 1.29 is 4.39 Å². The van der Waals surface area contributed by atoms with Crippen LogP contribution in [-0.4, -0.2) is 9.97 Å². The number of aromatic nitrogens is 2. The molecule has 0 bridgehead atoms. The number of H-pyrrole nitrogens is 1. The Morgan fingerprint density at radius 2 is 2.20 bits per heavy atom. The molecule has 1 aliphatic rings. The molecule has 1 aliphatic carbocycles. The number of hydrogen-bond donors (Lipinski definition) is 2. The van der Waals surface area contributed by atoms with E-state index in [1.54, 1.807) is 12.1 Å². The lowest BCUT2D eigenvalue weighted by Gasteiger charge is -2.08. The smallest absolute Gasteiger partial charge is 0.252 e. The number of aromatic amines is 1. The molecule has 2 N–H and O–H groups in total. The fourth-order valence-electron chi connectivity index (χ4n) is 1.98. The molecular weight excluding hydrogens is 325 g/mol. The topological polar surface area (TPSA) is 57.8 Å². The zero-order valence-corrected chi connectivity index (χ0v) is 12.2. The predicted octanol–water partition coefficient (Wildman–Crippen LogP) is 3.16. The highest BCUT2D eigenvalue weighted by Gasteiger charge is 2.26. The number of benzene rings is 1. The van der Waals surface area contributed by atoms with Crippen molar-refractivity contribution in [3.8, 4) is 0 Å². The Morgan fingerprint density at radius 1 is 1.40 bits per heavy atom. The van der Waals surface area contributed by atoms with Crippen LogP contribution in [0.1, 0.15) is 30.1 Å². The lowest BCUT2D eigenvalue weighted by molar-refractivity contribution is 0.612. The van der Waals surface area contributed by atoms with Gasteiger partial charge in [0.25, 0.3) is 5.56 Å². The highest BCUT2D eigenvalue weighted by Crippen LogP contribution is 2.37. The molecule has 0 radical (unpaired) electrons. The van der Waals surface area contributed by atoms with Crippen LogP contribution in [0.2, 0.25) is 0 Å². The van der Waals surface area contributed by atoms with Gasteiger partial charge in [0.05, 0.1) is 0 Å². The first-order chi connectivity index (χ1) is 9.61. The molecule has 6 heteroatoms. The average Bonchev–Trinajstić information content (AvgIpc) is 3.23. The number of rotatable bonds is 4. The normalized spacial score (nSPS) is 14.3. The van der Waals surface area contributed by atoms with E-state index in [1.807, 2.05) is 0 Å². The van der Waals surface area contributed by atoms with E-state index >= 15 is 0 Å². The van der Waals surface area contributed by atoms with E-state index in [0.29, 0.717) is 17.3 Å². The largest absolute Gasteiger partial charge is 0.366 e. The van der Waals surface area contributed by atoms with Crippen LogP contribution in [0.4, 0.5) is 10.2 Å². The quantitative estimate of drug-likeness (QED) is 0.900. The van der Waals surface area contributed by atoms with E-state index in [0.717, 1.165) is 23.1 Å². The van der Waals surface area contributed by atoms with Crippen molar-refractivity contribution in [2.24, 2.45) is 0 Å². The van der Waals surface area contributed by atoms with Gasteiger partial charge in [0, 0.05) is 28.6 Å². The fourth-order valence-corrected chi connectivity index (χ4v) is 2.39. The molecule has 1 heterocycles.